The third-order valence-corrected chi connectivity index (χ3v) is 3.97. The van der Waals surface area contributed by atoms with Gasteiger partial charge in [-0.25, -0.2) is 4.79 Å². The number of carbonyl (C=O) groups is 1. The third-order valence-electron chi connectivity index (χ3n) is 3.97. The minimum absolute atomic E-state index is 0.201. The molecule has 20 heavy (non-hydrogen) atoms. The summed E-state index contributed by atoms with van der Waals surface area (Å²) in [6.07, 6.45) is 4.18. The predicted molar refractivity (Wildman–Crippen MR) is 80.4 cm³/mol. The molecule has 0 spiro atoms. The van der Waals surface area contributed by atoms with Gasteiger partial charge >= 0.3 is 6.09 Å². The maximum absolute atomic E-state index is 12.4. The van der Waals surface area contributed by atoms with Crippen LogP contribution < -0.4 is 0 Å². The van der Waals surface area contributed by atoms with Crippen molar-refractivity contribution in [1.82, 2.24) is 4.90 Å². The first-order valence-corrected chi connectivity index (χ1v) is 7.92. The summed E-state index contributed by atoms with van der Waals surface area (Å²) in [5.74, 6) is 0.560. The molecule has 1 fully saturated rings. The van der Waals surface area contributed by atoms with Crippen molar-refractivity contribution in [2.75, 3.05) is 6.54 Å². The zero-order valence-corrected chi connectivity index (χ0v) is 13.7. The molecule has 0 aliphatic heterocycles. The molecule has 0 heterocycles. The van der Waals surface area contributed by atoms with Gasteiger partial charge in [-0.2, -0.15) is 0 Å². The molecule has 0 aromatic heterocycles. The molecule has 0 radical (unpaired) electrons. The van der Waals surface area contributed by atoms with Crippen LogP contribution in [0.25, 0.3) is 0 Å². The van der Waals surface area contributed by atoms with Gasteiger partial charge in [0, 0.05) is 12.5 Å². The van der Waals surface area contributed by atoms with E-state index < -0.39 is 17.9 Å². The van der Waals surface area contributed by atoms with Crippen molar-refractivity contribution in [3.8, 4) is 0 Å². The summed E-state index contributed by atoms with van der Waals surface area (Å²) in [6.45, 7) is 10.3. The molecule has 0 saturated heterocycles. The molecule has 2 atom stereocenters. The van der Waals surface area contributed by atoms with Gasteiger partial charge in [-0.3, -0.25) is 4.90 Å². The highest BCUT2D eigenvalue weighted by Crippen LogP contribution is 2.30. The van der Waals surface area contributed by atoms with Gasteiger partial charge in [-0.1, -0.05) is 33.1 Å². The Labute approximate surface area is 123 Å². The smallest absolute Gasteiger partial charge is 0.412 e. The van der Waals surface area contributed by atoms with Crippen LogP contribution in [0.4, 0.5) is 4.79 Å². The topological polar surface area (TPSA) is 49.8 Å². The van der Waals surface area contributed by atoms with Gasteiger partial charge in [0.25, 0.3) is 0 Å². The van der Waals surface area contributed by atoms with Gasteiger partial charge in [-0.15, -0.1) is 0 Å². The largest absolute Gasteiger partial charge is 0.444 e. The van der Waals surface area contributed by atoms with E-state index in [1.165, 1.54) is 4.90 Å². The SMILES string of the molecule is CCC(C)CN(C(=O)OC(C)(C)C)C(O)C1CCCC1. The molecule has 0 bridgehead atoms. The van der Waals surface area contributed by atoms with Crippen LogP contribution in [0.1, 0.15) is 66.7 Å². The molecular formula is C16H31NO3. The normalized spacial score (nSPS) is 19.7. The van der Waals surface area contributed by atoms with E-state index in [-0.39, 0.29) is 5.92 Å². The molecule has 1 N–H and O–H groups in total. The Balaban J connectivity index is 2.75. The standard InChI is InChI=1S/C16H31NO3/c1-6-12(2)11-17(15(19)20-16(3,4)5)14(18)13-9-7-8-10-13/h12-14,18H,6-11H2,1-5H3. The first kappa shape index (κ1) is 17.3. The molecule has 1 aliphatic carbocycles. The average Bonchev–Trinajstić information content (AvgIpc) is 2.86. The van der Waals surface area contributed by atoms with E-state index in [2.05, 4.69) is 13.8 Å². The highest BCUT2D eigenvalue weighted by Gasteiger charge is 2.34. The molecule has 2 unspecified atom stereocenters. The number of amides is 1. The van der Waals surface area contributed by atoms with Crippen molar-refractivity contribution < 1.29 is 14.6 Å². The number of nitrogens with zero attached hydrogens (tertiary/aromatic N) is 1. The Morgan fingerprint density at radius 2 is 1.90 bits per heavy atom. The molecule has 4 heteroatoms. The van der Waals surface area contributed by atoms with Crippen LogP contribution in [0.3, 0.4) is 0 Å². The fourth-order valence-corrected chi connectivity index (χ4v) is 2.59. The lowest BCUT2D eigenvalue weighted by Gasteiger charge is -2.35. The summed E-state index contributed by atoms with van der Waals surface area (Å²) < 4.78 is 5.45. The average molecular weight is 285 g/mol. The van der Waals surface area contributed by atoms with E-state index in [9.17, 15) is 9.90 Å². The molecule has 1 rings (SSSR count). The highest BCUT2D eigenvalue weighted by atomic mass is 16.6. The minimum Gasteiger partial charge on any atom is -0.444 e. The number of hydrogen-bond acceptors (Lipinski definition) is 3. The van der Waals surface area contributed by atoms with Crippen LogP contribution in [0.5, 0.6) is 0 Å². The number of hydrogen-bond donors (Lipinski definition) is 1. The fraction of sp³-hybridized carbons (Fsp3) is 0.938. The van der Waals surface area contributed by atoms with Crippen molar-refractivity contribution in [2.24, 2.45) is 11.8 Å². The van der Waals surface area contributed by atoms with Crippen molar-refractivity contribution >= 4 is 6.09 Å². The predicted octanol–water partition coefficient (Wildman–Crippen LogP) is 3.78. The van der Waals surface area contributed by atoms with Crippen LogP contribution in [-0.2, 0) is 4.74 Å². The van der Waals surface area contributed by atoms with Gasteiger partial charge in [0.2, 0.25) is 0 Å². The Morgan fingerprint density at radius 1 is 1.35 bits per heavy atom. The quantitative estimate of drug-likeness (QED) is 0.782. The molecule has 1 amide bonds. The van der Waals surface area contributed by atoms with Gasteiger partial charge in [0.15, 0.2) is 0 Å². The summed E-state index contributed by atoms with van der Waals surface area (Å²) in [5.41, 5.74) is -0.528. The van der Waals surface area contributed by atoms with Crippen molar-refractivity contribution in [3.05, 3.63) is 0 Å². The molecule has 1 aliphatic rings. The minimum atomic E-state index is -0.707. The lowest BCUT2D eigenvalue weighted by Crippen LogP contribution is -2.48. The Hall–Kier alpha value is -0.770. The first-order valence-electron chi connectivity index (χ1n) is 7.92. The molecular weight excluding hydrogens is 254 g/mol. The van der Waals surface area contributed by atoms with Gasteiger partial charge in [0.05, 0.1) is 0 Å². The lowest BCUT2D eigenvalue weighted by atomic mass is 10.0. The van der Waals surface area contributed by atoms with Gasteiger partial charge in [0.1, 0.15) is 11.8 Å². The van der Waals surface area contributed by atoms with E-state index in [1.54, 1.807) is 0 Å². The van der Waals surface area contributed by atoms with E-state index in [1.807, 2.05) is 20.8 Å². The Kier molecular flexibility index (Phi) is 6.31. The second kappa shape index (κ2) is 7.30. The van der Waals surface area contributed by atoms with Crippen molar-refractivity contribution in [2.45, 2.75) is 78.6 Å². The summed E-state index contributed by atoms with van der Waals surface area (Å²) in [6, 6.07) is 0. The molecule has 118 valence electrons. The second-order valence-electron chi connectivity index (χ2n) is 7.10. The maximum Gasteiger partial charge on any atom is 0.412 e. The number of carbonyl (C=O) groups excluding carboxylic acids is 1. The van der Waals surface area contributed by atoms with Crippen LogP contribution in [-0.4, -0.2) is 34.5 Å². The Bertz CT molecular complexity index is 305. The summed E-state index contributed by atoms with van der Waals surface area (Å²) >= 11 is 0. The van der Waals surface area contributed by atoms with Gasteiger partial charge < -0.3 is 9.84 Å². The van der Waals surface area contributed by atoms with Crippen LogP contribution in [0, 0.1) is 11.8 Å². The summed E-state index contributed by atoms with van der Waals surface area (Å²) in [5, 5.41) is 10.5. The van der Waals surface area contributed by atoms with Gasteiger partial charge in [-0.05, 0) is 39.5 Å². The second-order valence-corrected chi connectivity index (χ2v) is 7.10. The van der Waals surface area contributed by atoms with E-state index in [0.717, 1.165) is 32.1 Å². The number of rotatable bonds is 5. The zero-order chi connectivity index (χ0) is 15.3. The zero-order valence-electron chi connectivity index (χ0n) is 13.7. The number of ether oxygens (including phenoxy) is 1. The van der Waals surface area contributed by atoms with Crippen molar-refractivity contribution in [3.63, 3.8) is 0 Å². The highest BCUT2D eigenvalue weighted by molar-refractivity contribution is 5.68. The molecule has 1 saturated carbocycles. The molecule has 4 nitrogen and oxygen atoms in total. The van der Waals surface area contributed by atoms with E-state index in [4.69, 9.17) is 4.74 Å². The summed E-state index contributed by atoms with van der Waals surface area (Å²) in [4.78, 5) is 13.9. The van der Waals surface area contributed by atoms with Crippen LogP contribution >= 0.6 is 0 Å². The number of aliphatic hydroxyl groups is 1. The van der Waals surface area contributed by atoms with Crippen LogP contribution in [0.2, 0.25) is 0 Å². The van der Waals surface area contributed by atoms with Crippen molar-refractivity contribution in [1.29, 1.82) is 0 Å². The molecule has 0 aromatic carbocycles. The third kappa shape index (κ3) is 5.31. The monoisotopic (exact) mass is 285 g/mol. The first-order chi connectivity index (χ1) is 9.24. The fourth-order valence-electron chi connectivity index (χ4n) is 2.59. The van der Waals surface area contributed by atoms with Crippen LogP contribution in [0.15, 0.2) is 0 Å². The Morgan fingerprint density at radius 3 is 2.35 bits per heavy atom. The van der Waals surface area contributed by atoms with E-state index in [0.29, 0.717) is 12.5 Å². The summed E-state index contributed by atoms with van der Waals surface area (Å²) in [7, 11) is 0. The van der Waals surface area contributed by atoms with E-state index >= 15 is 0 Å². The lowest BCUT2D eigenvalue weighted by molar-refractivity contribution is -0.0584. The maximum atomic E-state index is 12.4. The number of aliphatic hydroxyl groups excluding tert-OH is 1. The molecule has 0 aromatic rings.